The zero-order valence-corrected chi connectivity index (χ0v) is 13.0. The molecule has 0 aliphatic rings. The van der Waals surface area contributed by atoms with Crippen molar-refractivity contribution in [3.63, 3.8) is 0 Å². The predicted molar refractivity (Wildman–Crippen MR) is 98.9 cm³/mol. The largest absolute Gasteiger partial charge is 0.265 e. The smallest absolute Gasteiger partial charge is 0.0622 e. The second-order valence-corrected chi connectivity index (χ2v) is 5.03. The number of nitrogens with zero attached hydrogens (tertiary/aromatic N) is 1. The van der Waals surface area contributed by atoms with Crippen molar-refractivity contribution in [1.29, 1.82) is 0 Å². The van der Waals surface area contributed by atoms with Crippen molar-refractivity contribution in [3.05, 3.63) is 85.0 Å². The fraction of sp³-hybridized carbons (Fsp3) is 0.0952. The molecule has 0 saturated carbocycles. The Hall–Kier alpha value is -2.67. The topological polar surface area (TPSA) is 12.4 Å². The van der Waals surface area contributed by atoms with E-state index in [1.165, 1.54) is 22.3 Å². The molecule has 0 heterocycles. The van der Waals surface area contributed by atoms with Gasteiger partial charge in [0.05, 0.1) is 5.70 Å². The Morgan fingerprint density at radius 2 is 1.45 bits per heavy atom. The Bertz CT molecular complexity index is 701. The van der Waals surface area contributed by atoms with Crippen LogP contribution in [0.15, 0.2) is 78.8 Å². The molecule has 0 aromatic heterocycles. The number of hydrogen-bond donors (Lipinski definition) is 0. The normalized spacial score (nSPS) is 11.0. The molecule has 0 aliphatic carbocycles. The highest BCUT2D eigenvalue weighted by Crippen LogP contribution is 2.25. The summed E-state index contributed by atoms with van der Waals surface area (Å²) in [4.78, 5) is 3.86. The highest BCUT2D eigenvalue weighted by atomic mass is 14.7. The first-order chi connectivity index (χ1) is 10.7. The third kappa shape index (κ3) is 3.50. The van der Waals surface area contributed by atoms with E-state index in [9.17, 15) is 0 Å². The quantitative estimate of drug-likeness (QED) is 0.456. The first-order valence-corrected chi connectivity index (χ1v) is 7.39. The summed E-state index contributed by atoms with van der Waals surface area (Å²) in [6, 6.07) is 16.7. The Kier molecular flexibility index (Phi) is 5.26. The standard InChI is InChI=1S/C21H21N/c1-5-7-17(6-2)19-12-14-21(15-13-19)20-10-8-18(9-11-20)16(3)22-4/h6-15H,2-5H2,1H3/b17-7+. The molecular weight excluding hydrogens is 266 g/mol. The SMILES string of the molecule is C=C/C(=C\CC)c1ccc(-c2ccc(C(=C)N=C)cc2)cc1. The molecule has 0 saturated heterocycles. The Balaban J connectivity index is 2.27. The first kappa shape index (κ1) is 15.7. The molecule has 2 rings (SSSR count). The summed E-state index contributed by atoms with van der Waals surface area (Å²) in [6.07, 6.45) is 5.09. The van der Waals surface area contributed by atoms with Crippen LogP contribution >= 0.6 is 0 Å². The summed E-state index contributed by atoms with van der Waals surface area (Å²) < 4.78 is 0. The fourth-order valence-corrected chi connectivity index (χ4v) is 2.34. The van der Waals surface area contributed by atoms with Gasteiger partial charge in [-0.1, -0.05) is 80.8 Å². The highest BCUT2D eigenvalue weighted by molar-refractivity contribution is 5.76. The highest BCUT2D eigenvalue weighted by Gasteiger charge is 2.02. The van der Waals surface area contributed by atoms with E-state index in [4.69, 9.17) is 0 Å². The van der Waals surface area contributed by atoms with Crippen LogP contribution < -0.4 is 0 Å². The molecule has 22 heavy (non-hydrogen) atoms. The molecule has 0 fully saturated rings. The minimum atomic E-state index is 0.697. The van der Waals surface area contributed by atoms with Crippen LogP contribution in [-0.2, 0) is 0 Å². The van der Waals surface area contributed by atoms with Crippen LogP contribution in [0.2, 0.25) is 0 Å². The van der Waals surface area contributed by atoms with Crippen LogP contribution in [0.3, 0.4) is 0 Å². The maximum atomic E-state index is 3.88. The van der Waals surface area contributed by atoms with Gasteiger partial charge in [0.15, 0.2) is 0 Å². The molecule has 0 atom stereocenters. The molecule has 0 bridgehead atoms. The van der Waals surface area contributed by atoms with Gasteiger partial charge in [-0.15, -0.1) is 0 Å². The van der Waals surface area contributed by atoms with Crippen molar-refractivity contribution in [2.75, 3.05) is 0 Å². The number of rotatable bonds is 6. The molecule has 2 aromatic rings. The summed E-state index contributed by atoms with van der Waals surface area (Å²) in [5.41, 5.74) is 6.43. The van der Waals surface area contributed by atoms with Gasteiger partial charge in [-0.3, -0.25) is 4.99 Å². The van der Waals surface area contributed by atoms with Gasteiger partial charge in [0.2, 0.25) is 0 Å². The van der Waals surface area contributed by atoms with Crippen LogP contribution in [-0.4, -0.2) is 6.72 Å². The third-order valence-electron chi connectivity index (χ3n) is 3.60. The molecule has 0 spiro atoms. The zero-order chi connectivity index (χ0) is 15.9. The molecule has 0 amide bonds. The van der Waals surface area contributed by atoms with Gasteiger partial charge in [0.25, 0.3) is 0 Å². The molecule has 0 N–H and O–H groups in total. The lowest BCUT2D eigenvalue weighted by Crippen LogP contribution is -1.84. The maximum absolute atomic E-state index is 3.88. The lowest BCUT2D eigenvalue weighted by atomic mass is 9.99. The average Bonchev–Trinajstić information content (AvgIpc) is 2.59. The lowest BCUT2D eigenvalue weighted by Gasteiger charge is -2.07. The molecule has 0 radical (unpaired) electrons. The Labute approximate surface area is 133 Å². The summed E-state index contributed by atoms with van der Waals surface area (Å²) in [5, 5.41) is 0. The van der Waals surface area contributed by atoms with Gasteiger partial charge in [-0.25, -0.2) is 0 Å². The van der Waals surface area contributed by atoms with Gasteiger partial charge in [-0.05, 0) is 41.0 Å². The molecular formula is C21H21N. The maximum Gasteiger partial charge on any atom is 0.0622 e. The molecule has 0 aliphatic heterocycles. The number of hydrogen-bond acceptors (Lipinski definition) is 1. The number of allylic oxidation sites excluding steroid dienone is 3. The molecule has 2 aromatic carbocycles. The summed E-state index contributed by atoms with van der Waals surface area (Å²) in [6.45, 7) is 13.4. The molecule has 110 valence electrons. The van der Waals surface area contributed by atoms with Gasteiger partial charge >= 0.3 is 0 Å². The average molecular weight is 287 g/mol. The second kappa shape index (κ2) is 7.37. The van der Waals surface area contributed by atoms with Crippen LogP contribution in [0, 0.1) is 0 Å². The first-order valence-electron chi connectivity index (χ1n) is 7.39. The van der Waals surface area contributed by atoms with Crippen LogP contribution in [0.25, 0.3) is 22.4 Å². The van der Waals surface area contributed by atoms with Crippen molar-refractivity contribution in [2.24, 2.45) is 4.99 Å². The van der Waals surface area contributed by atoms with Crippen molar-refractivity contribution < 1.29 is 0 Å². The minimum Gasteiger partial charge on any atom is -0.265 e. The number of aliphatic imine (C=N–C) groups is 1. The van der Waals surface area contributed by atoms with Gasteiger partial charge in [0.1, 0.15) is 0 Å². The predicted octanol–water partition coefficient (Wildman–Crippen LogP) is 6.00. The molecule has 1 nitrogen and oxygen atoms in total. The summed E-state index contributed by atoms with van der Waals surface area (Å²) in [5.74, 6) is 0. The van der Waals surface area contributed by atoms with E-state index >= 15 is 0 Å². The van der Waals surface area contributed by atoms with Crippen LogP contribution in [0.1, 0.15) is 24.5 Å². The Morgan fingerprint density at radius 1 is 0.955 bits per heavy atom. The Morgan fingerprint density at radius 3 is 1.86 bits per heavy atom. The summed E-state index contributed by atoms with van der Waals surface area (Å²) in [7, 11) is 0. The van der Waals surface area contributed by atoms with Gasteiger partial charge in [-0.2, -0.15) is 0 Å². The fourth-order valence-electron chi connectivity index (χ4n) is 2.34. The van der Waals surface area contributed by atoms with Crippen LogP contribution in [0.4, 0.5) is 0 Å². The zero-order valence-electron chi connectivity index (χ0n) is 13.0. The van der Waals surface area contributed by atoms with E-state index in [-0.39, 0.29) is 0 Å². The van der Waals surface area contributed by atoms with E-state index < -0.39 is 0 Å². The van der Waals surface area contributed by atoms with Crippen molar-refractivity contribution in [1.82, 2.24) is 0 Å². The van der Waals surface area contributed by atoms with Crippen molar-refractivity contribution in [2.45, 2.75) is 13.3 Å². The van der Waals surface area contributed by atoms with Crippen molar-refractivity contribution >= 4 is 18.0 Å². The van der Waals surface area contributed by atoms with E-state index in [2.05, 4.69) is 74.3 Å². The van der Waals surface area contributed by atoms with E-state index in [0.29, 0.717) is 5.70 Å². The summed E-state index contributed by atoms with van der Waals surface area (Å²) >= 11 is 0. The molecule has 1 heteroatoms. The lowest BCUT2D eigenvalue weighted by molar-refractivity contribution is 1.23. The van der Waals surface area contributed by atoms with E-state index in [1.807, 2.05) is 18.2 Å². The van der Waals surface area contributed by atoms with Gasteiger partial charge in [0, 0.05) is 0 Å². The van der Waals surface area contributed by atoms with Gasteiger partial charge < -0.3 is 0 Å². The third-order valence-corrected chi connectivity index (χ3v) is 3.60. The number of benzene rings is 2. The monoisotopic (exact) mass is 287 g/mol. The second-order valence-electron chi connectivity index (χ2n) is 5.03. The van der Waals surface area contributed by atoms with E-state index in [0.717, 1.165) is 12.0 Å². The molecule has 0 unspecified atom stereocenters. The van der Waals surface area contributed by atoms with E-state index in [1.54, 1.807) is 0 Å². The van der Waals surface area contributed by atoms with Crippen molar-refractivity contribution in [3.8, 4) is 11.1 Å². The van der Waals surface area contributed by atoms with Crippen LogP contribution in [0.5, 0.6) is 0 Å². The minimum absolute atomic E-state index is 0.697.